The molecule has 4 rings (SSSR count). The summed E-state index contributed by atoms with van der Waals surface area (Å²) in [7, 11) is 0. The van der Waals surface area contributed by atoms with E-state index in [2.05, 4.69) is 16.6 Å². The van der Waals surface area contributed by atoms with Crippen LogP contribution in [-0.4, -0.2) is 38.7 Å². The van der Waals surface area contributed by atoms with Gasteiger partial charge in [0.15, 0.2) is 0 Å². The number of amides is 1. The molecule has 2 aliphatic heterocycles. The number of piperidine rings is 1. The van der Waals surface area contributed by atoms with Gasteiger partial charge in [0, 0.05) is 48.2 Å². The number of likely N-dealkylation sites (tertiary alicyclic amines) is 1. The molecule has 2 aromatic heterocycles. The number of aromatic nitrogens is 3. The van der Waals surface area contributed by atoms with Crippen LogP contribution in [0.5, 0.6) is 0 Å². The summed E-state index contributed by atoms with van der Waals surface area (Å²) in [5.74, 6) is 0.0803. The minimum Gasteiger partial charge on any atom is -0.376 e. The maximum atomic E-state index is 13.2. The summed E-state index contributed by atoms with van der Waals surface area (Å²) >= 11 is 0. The Morgan fingerprint density at radius 2 is 2.27 bits per heavy atom. The van der Waals surface area contributed by atoms with Gasteiger partial charge in [-0.15, -0.1) is 0 Å². The fraction of sp³-hybridized carbons (Fsp3) is 0.550. The Bertz CT molecular complexity index is 814. The zero-order chi connectivity index (χ0) is 18.1. The molecule has 4 heterocycles. The van der Waals surface area contributed by atoms with Crippen LogP contribution in [-0.2, 0) is 24.3 Å². The Kier molecular flexibility index (Phi) is 4.76. The molecule has 138 valence electrons. The molecular formula is C20H26N4O2. The predicted octanol–water partition coefficient (Wildman–Crippen LogP) is 3.05. The van der Waals surface area contributed by atoms with E-state index < -0.39 is 0 Å². The van der Waals surface area contributed by atoms with E-state index in [0.717, 1.165) is 56.8 Å². The van der Waals surface area contributed by atoms with E-state index in [1.165, 1.54) is 11.3 Å². The van der Waals surface area contributed by atoms with Crippen molar-refractivity contribution in [3.05, 3.63) is 46.5 Å². The first kappa shape index (κ1) is 17.2. The molecule has 0 N–H and O–H groups in total. The lowest BCUT2D eigenvalue weighted by molar-refractivity contribution is 0.0596. The third kappa shape index (κ3) is 3.03. The molecule has 1 atom stereocenters. The fourth-order valence-corrected chi connectivity index (χ4v) is 4.17. The monoisotopic (exact) mass is 354 g/mol. The van der Waals surface area contributed by atoms with Gasteiger partial charge in [0.25, 0.3) is 5.91 Å². The first-order chi connectivity index (χ1) is 12.7. The van der Waals surface area contributed by atoms with Gasteiger partial charge in [-0.05, 0) is 45.2 Å². The maximum absolute atomic E-state index is 13.2. The highest BCUT2D eigenvalue weighted by atomic mass is 16.5. The fourth-order valence-electron chi connectivity index (χ4n) is 4.17. The van der Waals surface area contributed by atoms with Gasteiger partial charge in [0.2, 0.25) is 0 Å². The zero-order valence-electron chi connectivity index (χ0n) is 15.6. The third-order valence-electron chi connectivity index (χ3n) is 5.45. The first-order valence-corrected chi connectivity index (χ1v) is 9.59. The number of ether oxygens (including phenoxy) is 1. The third-order valence-corrected chi connectivity index (χ3v) is 5.45. The van der Waals surface area contributed by atoms with Crippen LogP contribution in [0, 0.1) is 6.92 Å². The summed E-state index contributed by atoms with van der Waals surface area (Å²) in [6, 6.07) is 3.72. The number of carbonyl (C=O) groups excluding carboxylic acids is 1. The van der Waals surface area contributed by atoms with Gasteiger partial charge in [0.1, 0.15) is 0 Å². The van der Waals surface area contributed by atoms with Crippen LogP contribution in [0.25, 0.3) is 0 Å². The molecule has 2 aliphatic rings. The summed E-state index contributed by atoms with van der Waals surface area (Å²) < 4.78 is 7.81. The molecule has 0 bridgehead atoms. The van der Waals surface area contributed by atoms with E-state index in [4.69, 9.17) is 9.84 Å². The summed E-state index contributed by atoms with van der Waals surface area (Å²) in [6.45, 7) is 7.03. The van der Waals surface area contributed by atoms with Crippen LogP contribution in [0.15, 0.2) is 18.3 Å². The molecule has 1 unspecified atom stereocenters. The average Bonchev–Trinajstić information content (AvgIpc) is 3.06. The Labute approximate surface area is 154 Å². The molecule has 1 fully saturated rings. The van der Waals surface area contributed by atoms with Crippen LogP contribution in [0.4, 0.5) is 0 Å². The predicted molar refractivity (Wildman–Crippen MR) is 97.9 cm³/mol. The zero-order valence-corrected chi connectivity index (χ0v) is 15.6. The second-order valence-corrected chi connectivity index (χ2v) is 7.12. The molecule has 2 aromatic rings. The van der Waals surface area contributed by atoms with Gasteiger partial charge in [-0.25, -0.2) is 0 Å². The molecule has 0 aliphatic carbocycles. The molecule has 26 heavy (non-hydrogen) atoms. The van der Waals surface area contributed by atoms with E-state index in [1.54, 1.807) is 6.20 Å². The molecule has 0 spiro atoms. The van der Waals surface area contributed by atoms with Gasteiger partial charge < -0.3 is 9.64 Å². The van der Waals surface area contributed by atoms with E-state index >= 15 is 0 Å². The molecule has 1 saturated heterocycles. The lowest BCUT2D eigenvalue weighted by atomic mass is 9.94. The SMILES string of the molecule is CCn1nc(C2CCCCN2C(=O)c2ccnc(C)c2)c2c1CCOC2. The van der Waals surface area contributed by atoms with Crippen LogP contribution in [0.1, 0.15) is 65.2 Å². The first-order valence-electron chi connectivity index (χ1n) is 9.59. The van der Waals surface area contributed by atoms with Crippen molar-refractivity contribution < 1.29 is 9.53 Å². The molecular weight excluding hydrogens is 328 g/mol. The molecule has 6 heteroatoms. The molecule has 1 amide bonds. The van der Waals surface area contributed by atoms with Crippen LogP contribution in [0.2, 0.25) is 0 Å². The quantitative estimate of drug-likeness (QED) is 0.850. The normalized spacial score (nSPS) is 20.1. The van der Waals surface area contributed by atoms with Crippen molar-refractivity contribution in [1.29, 1.82) is 0 Å². The lowest BCUT2D eigenvalue weighted by Crippen LogP contribution is -2.39. The Balaban J connectivity index is 1.70. The van der Waals surface area contributed by atoms with Crippen molar-refractivity contribution in [2.75, 3.05) is 13.2 Å². The minimum absolute atomic E-state index is 0.0352. The lowest BCUT2D eigenvalue weighted by Gasteiger charge is -2.35. The molecule has 6 nitrogen and oxygen atoms in total. The van der Waals surface area contributed by atoms with Crippen LogP contribution < -0.4 is 0 Å². The highest BCUT2D eigenvalue weighted by Gasteiger charge is 2.34. The van der Waals surface area contributed by atoms with Crippen molar-refractivity contribution in [3.63, 3.8) is 0 Å². The van der Waals surface area contributed by atoms with Crippen molar-refractivity contribution in [1.82, 2.24) is 19.7 Å². The highest BCUT2D eigenvalue weighted by Crippen LogP contribution is 2.35. The minimum atomic E-state index is 0.0352. The van der Waals surface area contributed by atoms with E-state index in [0.29, 0.717) is 12.2 Å². The molecule has 0 radical (unpaired) electrons. The van der Waals surface area contributed by atoms with Gasteiger partial charge in [-0.3, -0.25) is 14.5 Å². The van der Waals surface area contributed by atoms with Gasteiger partial charge in [-0.1, -0.05) is 0 Å². The number of hydrogen-bond donors (Lipinski definition) is 0. The highest BCUT2D eigenvalue weighted by molar-refractivity contribution is 5.94. The topological polar surface area (TPSA) is 60.2 Å². The number of carbonyl (C=O) groups is 1. The number of rotatable bonds is 3. The largest absolute Gasteiger partial charge is 0.376 e. The second-order valence-electron chi connectivity index (χ2n) is 7.12. The summed E-state index contributed by atoms with van der Waals surface area (Å²) in [4.78, 5) is 19.4. The number of nitrogens with zero attached hydrogens (tertiary/aromatic N) is 4. The number of pyridine rings is 1. The van der Waals surface area contributed by atoms with Crippen LogP contribution >= 0.6 is 0 Å². The summed E-state index contributed by atoms with van der Waals surface area (Å²) in [5, 5.41) is 4.91. The number of aryl methyl sites for hydroxylation is 2. The Morgan fingerprint density at radius 3 is 3.08 bits per heavy atom. The smallest absolute Gasteiger partial charge is 0.254 e. The summed E-state index contributed by atoms with van der Waals surface area (Å²) in [6.07, 6.45) is 5.74. The molecule has 0 aromatic carbocycles. The van der Waals surface area contributed by atoms with Crippen molar-refractivity contribution in [3.8, 4) is 0 Å². The maximum Gasteiger partial charge on any atom is 0.254 e. The van der Waals surface area contributed by atoms with E-state index in [-0.39, 0.29) is 11.9 Å². The second kappa shape index (κ2) is 7.19. The standard InChI is InChI=1S/C20H26N4O2/c1-3-24-17-8-11-26-13-16(17)19(22-24)18-6-4-5-10-23(18)20(25)15-7-9-21-14(2)12-15/h7,9,12,18H,3-6,8,10-11,13H2,1-2H3. The molecule has 0 saturated carbocycles. The Morgan fingerprint density at radius 1 is 1.38 bits per heavy atom. The van der Waals surface area contributed by atoms with E-state index in [9.17, 15) is 4.79 Å². The van der Waals surface area contributed by atoms with Gasteiger partial charge in [0.05, 0.1) is 24.9 Å². The average molecular weight is 354 g/mol. The van der Waals surface area contributed by atoms with E-state index in [1.807, 2.05) is 24.0 Å². The van der Waals surface area contributed by atoms with Crippen molar-refractivity contribution in [2.45, 2.75) is 58.7 Å². The number of hydrogen-bond acceptors (Lipinski definition) is 4. The number of fused-ring (bicyclic) bond motifs is 1. The van der Waals surface area contributed by atoms with Crippen molar-refractivity contribution in [2.24, 2.45) is 0 Å². The van der Waals surface area contributed by atoms with Crippen molar-refractivity contribution >= 4 is 5.91 Å². The van der Waals surface area contributed by atoms with Crippen LogP contribution in [0.3, 0.4) is 0 Å². The van der Waals surface area contributed by atoms with Gasteiger partial charge >= 0.3 is 0 Å². The van der Waals surface area contributed by atoms with Gasteiger partial charge in [-0.2, -0.15) is 5.10 Å². The summed E-state index contributed by atoms with van der Waals surface area (Å²) in [5.41, 5.74) is 5.11. The Hall–Kier alpha value is -2.21.